The molecule has 0 radical (unpaired) electrons. The summed E-state index contributed by atoms with van der Waals surface area (Å²) in [4.78, 5) is 21.1. The second-order valence-corrected chi connectivity index (χ2v) is 9.73. The highest BCUT2D eigenvalue weighted by atomic mass is 33.1. The molecule has 1 amide bonds. The highest BCUT2D eigenvalue weighted by Gasteiger charge is 2.20. The van der Waals surface area contributed by atoms with Crippen LogP contribution in [-0.2, 0) is 11.3 Å². The summed E-state index contributed by atoms with van der Waals surface area (Å²) in [6, 6.07) is 4.16. The predicted molar refractivity (Wildman–Crippen MR) is 108 cm³/mol. The number of amides is 1. The fourth-order valence-electron chi connectivity index (χ4n) is 3.50. The van der Waals surface area contributed by atoms with Gasteiger partial charge in [0.2, 0.25) is 5.91 Å². The lowest BCUT2D eigenvalue weighted by atomic mass is 10.1. The zero-order valence-electron chi connectivity index (χ0n) is 14.9. The van der Waals surface area contributed by atoms with Crippen LogP contribution in [0.5, 0.6) is 0 Å². The second kappa shape index (κ2) is 10.4. The van der Waals surface area contributed by atoms with Crippen LogP contribution in [0, 0.1) is 0 Å². The molecule has 0 N–H and O–H groups in total. The van der Waals surface area contributed by atoms with E-state index in [1.54, 1.807) is 0 Å². The first-order valence-corrected chi connectivity index (χ1v) is 11.9. The molecule has 25 heavy (non-hydrogen) atoms. The smallest absolute Gasteiger partial charge is 0.222 e. The Morgan fingerprint density at radius 2 is 2.04 bits per heavy atom. The topological polar surface area (TPSA) is 36.4 Å². The summed E-state index contributed by atoms with van der Waals surface area (Å²) in [5, 5.41) is 0.833. The number of carbonyl (C=O) groups is 1. The maximum atomic E-state index is 12.5. The normalized spacial score (nSPS) is 22.1. The average molecular weight is 380 g/mol. The highest BCUT2D eigenvalue weighted by Crippen LogP contribution is 2.39. The van der Waals surface area contributed by atoms with Gasteiger partial charge in [0.1, 0.15) is 0 Å². The largest absolute Gasteiger partial charge is 0.341 e. The molecule has 0 aliphatic carbocycles. The lowest BCUT2D eigenvalue weighted by Gasteiger charge is -2.22. The van der Waals surface area contributed by atoms with E-state index < -0.39 is 0 Å². The van der Waals surface area contributed by atoms with Gasteiger partial charge in [-0.05, 0) is 43.4 Å². The van der Waals surface area contributed by atoms with Crippen molar-refractivity contribution in [2.75, 3.05) is 31.9 Å². The zero-order chi connectivity index (χ0) is 17.3. The van der Waals surface area contributed by atoms with E-state index in [4.69, 9.17) is 0 Å². The van der Waals surface area contributed by atoms with Crippen LogP contribution >= 0.6 is 21.6 Å². The fraction of sp³-hybridized carbons (Fsp3) is 0.684. The van der Waals surface area contributed by atoms with Gasteiger partial charge in [-0.25, -0.2) is 0 Å². The van der Waals surface area contributed by atoms with Crippen molar-refractivity contribution in [3.05, 3.63) is 30.1 Å². The summed E-state index contributed by atoms with van der Waals surface area (Å²) in [5.74, 6) is 1.66. The minimum atomic E-state index is 0.360. The van der Waals surface area contributed by atoms with Gasteiger partial charge in [-0.3, -0.25) is 14.7 Å². The van der Waals surface area contributed by atoms with E-state index >= 15 is 0 Å². The molecule has 6 heteroatoms. The Hall–Kier alpha value is -0.720. The van der Waals surface area contributed by atoms with Crippen molar-refractivity contribution in [3.8, 4) is 0 Å². The summed E-state index contributed by atoms with van der Waals surface area (Å²) < 4.78 is 0. The monoisotopic (exact) mass is 379 g/mol. The van der Waals surface area contributed by atoms with Gasteiger partial charge in [0.25, 0.3) is 0 Å². The van der Waals surface area contributed by atoms with E-state index in [-0.39, 0.29) is 0 Å². The molecule has 2 fully saturated rings. The maximum absolute atomic E-state index is 12.5. The van der Waals surface area contributed by atoms with Gasteiger partial charge in [-0.15, -0.1) is 0 Å². The van der Waals surface area contributed by atoms with Crippen LogP contribution in [0.3, 0.4) is 0 Å². The standard InChI is InChI=1S/C19H29N3OS2/c23-19(5-2-1-4-18-8-15-24-25-18)22-12-3-11-21(13-14-22)16-17-6-9-20-10-7-17/h6-7,9-10,18H,1-5,8,11-16H2. The van der Waals surface area contributed by atoms with Crippen LogP contribution in [0.4, 0.5) is 0 Å². The molecular formula is C19H29N3OS2. The summed E-state index contributed by atoms with van der Waals surface area (Å²) >= 11 is 0. The van der Waals surface area contributed by atoms with E-state index in [2.05, 4.69) is 26.9 Å². The van der Waals surface area contributed by atoms with Crippen molar-refractivity contribution >= 4 is 27.5 Å². The summed E-state index contributed by atoms with van der Waals surface area (Å²) in [6.07, 6.45) is 10.4. The summed E-state index contributed by atoms with van der Waals surface area (Å²) in [7, 11) is 4.05. The van der Waals surface area contributed by atoms with Crippen molar-refractivity contribution in [2.45, 2.75) is 50.3 Å². The molecule has 0 spiro atoms. The molecule has 4 nitrogen and oxygen atoms in total. The van der Waals surface area contributed by atoms with E-state index in [0.29, 0.717) is 5.91 Å². The number of aromatic nitrogens is 1. The van der Waals surface area contributed by atoms with Crippen molar-refractivity contribution in [3.63, 3.8) is 0 Å². The van der Waals surface area contributed by atoms with Gasteiger partial charge in [0.05, 0.1) is 0 Å². The van der Waals surface area contributed by atoms with Crippen LogP contribution in [0.1, 0.15) is 44.1 Å². The first kappa shape index (κ1) is 19.1. The number of hydrogen-bond acceptors (Lipinski definition) is 5. The lowest BCUT2D eigenvalue weighted by Crippen LogP contribution is -2.35. The van der Waals surface area contributed by atoms with Gasteiger partial charge in [-0.2, -0.15) is 0 Å². The van der Waals surface area contributed by atoms with Crippen LogP contribution in [0.2, 0.25) is 0 Å². The third-order valence-electron chi connectivity index (χ3n) is 4.99. The Bertz CT molecular complexity index is 523. The van der Waals surface area contributed by atoms with Gasteiger partial charge in [-0.1, -0.05) is 28.0 Å². The van der Waals surface area contributed by atoms with Crippen molar-refractivity contribution < 1.29 is 4.79 Å². The Balaban J connectivity index is 1.34. The molecule has 3 rings (SSSR count). The molecule has 1 aromatic rings. The fourth-order valence-corrected chi connectivity index (χ4v) is 6.52. The van der Waals surface area contributed by atoms with Crippen molar-refractivity contribution in [2.24, 2.45) is 0 Å². The number of pyridine rings is 1. The number of rotatable bonds is 7. The van der Waals surface area contributed by atoms with Gasteiger partial charge < -0.3 is 4.90 Å². The Morgan fingerprint density at radius 1 is 1.16 bits per heavy atom. The first-order chi connectivity index (χ1) is 12.3. The van der Waals surface area contributed by atoms with Crippen LogP contribution in [0.25, 0.3) is 0 Å². The highest BCUT2D eigenvalue weighted by molar-refractivity contribution is 8.77. The molecular weight excluding hydrogens is 350 g/mol. The third kappa shape index (κ3) is 6.50. The molecule has 1 unspecified atom stereocenters. The number of unbranched alkanes of at least 4 members (excludes halogenated alkanes) is 1. The van der Waals surface area contributed by atoms with Crippen LogP contribution in [0.15, 0.2) is 24.5 Å². The molecule has 2 saturated heterocycles. The number of carbonyl (C=O) groups excluding carboxylic acids is 1. The Kier molecular flexibility index (Phi) is 7.95. The average Bonchev–Trinajstić information content (AvgIpc) is 3.05. The van der Waals surface area contributed by atoms with Gasteiger partial charge >= 0.3 is 0 Å². The Morgan fingerprint density at radius 3 is 2.84 bits per heavy atom. The number of nitrogens with zero attached hydrogens (tertiary/aromatic N) is 3. The molecule has 1 aromatic heterocycles. The molecule has 0 bridgehead atoms. The van der Waals surface area contributed by atoms with Crippen molar-refractivity contribution in [1.82, 2.24) is 14.8 Å². The van der Waals surface area contributed by atoms with Crippen LogP contribution < -0.4 is 0 Å². The molecule has 2 aliphatic heterocycles. The maximum Gasteiger partial charge on any atom is 0.222 e. The van der Waals surface area contributed by atoms with E-state index in [9.17, 15) is 4.79 Å². The van der Waals surface area contributed by atoms with E-state index in [1.807, 2.05) is 34.0 Å². The SMILES string of the molecule is O=C(CCCCC1CCSS1)N1CCCN(Cc2ccncc2)CC1. The summed E-state index contributed by atoms with van der Waals surface area (Å²) in [6.45, 7) is 4.80. The molecule has 0 saturated carbocycles. The van der Waals surface area contributed by atoms with Gasteiger partial charge in [0, 0.05) is 62.5 Å². The molecule has 2 aliphatic rings. The number of hydrogen-bond donors (Lipinski definition) is 0. The van der Waals surface area contributed by atoms with Gasteiger partial charge in [0.15, 0.2) is 0 Å². The molecule has 3 heterocycles. The molecule has 1 atom stereocenters. The van der Waals surface area contributed by atoms with E-state index in [1.165, 1.54) is 30.6 Å². The lowest BCUT2D eigenvalue weighted by molar-refractivity contribution is -0.131. The van der Waals surface area contributed by atoms with Crippen LogP contribution in [-0.4, -0.2) is 57.9 Å². The first-order valence-electron chi connectivity index (χ1n) is 9.48. The minimum Gasteiger partial charge on any atom is -0.341 e. The third-order valence-corrected chi connectivity index (χ3v) is 8.00. The van der Waals surface area contributed by atoms with Crippen molar-refractivity contribution in [1.29, 1.82) is 0 Å². The second-order valence-electron chi connectivity index (χ2n) is 6.94. The summed E-state index contributed by atoms with van der Waals surface area (Å²) in [5.41, 5.74) is 1.30. The minimum absolute atomic E-state index is 0.360. The Labute approximate surface area is 159 Å². The zero-order valence-corrected chi connectivity index (χ0v) is 16.6. The predicted octanol–water partition coefficient (Wildman–Crippen LogP) is 3.83. The quantitative estimate of drug-likeness (QED) is 0.531. The molecule has 0 aromatic carbocycles. The van der Waals surface area contributed by atoms with E-state index in [0.717, 1.165) is 57.2 Å². The molecule has 138 valence electrons.